The molecule has 0 aliphatic carbocycles. The van der Waals surface area contributed by atoms with Gasteiger partial charge in [-0.1, -0.05) is 6.07 Å². The van der Waals surface area contributed by atoms with Crippen LogP contribution in [0.25, 0.3) is 10.9 Å². The number of hydrogen-bond acceptors (Lipinski definition) is 4. The first-order chi connectivity index (χ1) is 9.15. The summed E-state index contributed by atoms with van der Waals surface area (Å²) in [5.74, 6) is -0.346. The molecule has 0 fully saturated rings. The van der Waals surface area contributed by atoms with Gasteiger partial charge in [0.15, 0.2) is 5.82 Å². The Bertz CT molecular complexity index is 758. The van der Waals surface area contributed by atoms with Crippen molar-refractivity contribution < 1.29 is 9.90 Å². The summed E-state index contributed by atoms with van der Waals surface area (Å²) in [5.41, 5.74) is 1.13. The smallest absolute Gasteiger partial charge is 0.336 e. The first-order valence-electron chi connectivity index (χ1n) is 5.69. The van der Waals surface area contributed by atoms with Crippen molar-refractivity contribution in [1.82, 2.24) is 24.8 Å². The highest BCUT2D eigenvalue weighted by Crippen LogP contribution is 2.20. The van der Waals surface area contributed by atoms with Gasteiger partial charge >= 0.3 is 5.97 Å². The molecule has 1 aromatic carbocycles. The second-order valence-electron chi connectivity index (χ2n) is 4.18. The van der Waals surface area contributed by atoms with E-state index in [2.05, 4.69) is 15.4 Å². The summed E-state index contributed by atoms with van der Waals surface area (Å²) in [6, 6.07) is 6.98. The van der Waals surface area contributed by atoms with Gasteiger partial charge in [0.2, 0.25) is 0 Å². The number of aromatic carboxylic acids is 1. The molecule has 3 rings (SSSR count). The van der Waals surface area contributed by atoms with E-state index in [1.807, 2.05) is 16.8 Å². The van der Waals surface area contributed by atoms with Crippen LogP contribution in [0.1, 0.15) is 16.2 Å². The summed E-state index contributed by atoms with van der Waals surface area (Å²) in [7, 11) is 1.70. The second kappa shape index (κ2) is 4.20. The molecule has 0 atom stereocenters. The van der Waals surface area contributed by atoms with Crippen molar-refractivity contribution in [3.8, 4) is 0 Å². The highest BCUT2D eigenvalue weighted by atomic mass is 16.4. The van der Waals surface area contributed by atoms with Crippen molar-refractivity contribution in [3.05, 3.63) is 41.9 Å². The van der Waals surface area contributed by atoms with Gasteiger partial charge in [0.1, 0.15) is 0 Å². The SMILES string of the molecule is Cn1nnc(Cn2ccc3c(C(=O)O)cccc32)n1. The van der Waals surface area contributed by atoms with E-state index in [1.165, 1.54) is 4.80 Å². The molecule has 7 nitrogen and oxygen atoms in total. The van der Waals surface area contributed by atoms with Crippen molar-refractivity contribution >= 4 is 16.9 Å². The summed E-state index contributed by atoms with van der Waals surface area (Å²) < 4.78 is 1.90. The lowest BCUT2D eigenvalue weighted by molar-refractivity contribution is 0.0699. The molecule has 96 valence electrons. The molecule has 2 heterocycles. The van der Waals surface area contributed by atoms with Crippen molar-refractivity contribution in [2.24, 2.45) is 7.05 Å². The zero-order chi connectivity index (χ0) is 13.4. The number of carboxylic acids is 1. The molecule has 1 N–H and O–H groups in total. The summed E-state index contributed by atoms with van der Waals surface area (Å²) in [6.07, 6.45) is 1.83. The van der Waals surface area contributed by atoms with Gasteiger partial charge < -0.3 is 9.67 Å². The quantitative estimate of drug-likeness (QED) is 0.753. The van der Waals surface area contributed by atoms with Crippen molar-refractivity contribution in [1.29, 1.82) is 0 Å². The fourth-order valence-electron chi connectivity index (χ4n) is 2.09. The third kappa shape index (κ3) is 1.95. The lowest BCUT2D eigenvalue weighted by atomic mass is 10.1. The number of fused-ring (bicyclic) bond motifs is 1. The normalized spacial score (nSPS) is 11.0. The Morgan fingerprint density at radius 1 is 1.37 bits per heavy atom. The number of tetrazole rings is 1. The first-order valence-corrected chi connectivity index (χ1v) is 5.69. The summed E-state index contributed by atoms with van der Waals surface area (Å²) >= 11 is 0. The number of carboxylic acid groups (broad SMARTS) is 1. The van der Waals surface area contributed by atoms with Crippen LogP contribution in [-0.2, 0) is 13.6 Å². The Labute approximate surface area is 108 Å². The van der Waals surface area contributed by atoms with Crippen LogP contribution < -0.4 is 0 Å². The summed E-state index contributed by atoms with van der Waals surface area (Å²) in [6.45, 7) is 0.459. The fraction of sp³-hybridized carbons (Fsp3) is 0.167. The zero-order valence-electron chi connectivity index (χ0n) is 10.2. The maximum atomic E-state index is 11.1. The van der Waals surface area contributed by atoms with E-state index in [9.17, 15) is 4.79 Å². The molecule has 0 radical (unpaired) electrons. The fourth-order valence-corrected chi connectivity index (χ4v) is 2.09. The number of aromatic nitrogens is 5. The number of rotatable bonds is 3. The minimum absolute atomic E-state index is 0.295. The number of aryl methyl sites for hydroxylation is 1. The van der Waals surface area contributed by atoms with Crippen LogP contribution in [0.3, 0.4) is 0 Å². The lowest BCUT2D eigenvalue weighted by Crippen LogP contribution is -2.02. The third-order valence-electron chi connectivity index (χ3n) is 2.91. The molecular weight excluding hydrogens is 246 g/mol. The largest absolute Gasteiger partial charge is 0.478 e. The number of carbonyl (C=O) groups is 1. The van der Waals surface area contributed by atoms with Crippen LogP contribution in [0.5, 0.6) is 0 Å². The maximum Gasteiger partial charge on any atom is 0.336 e. The highest BCUT2D eigenvalue weighted by Gasteiger charge is 2.11. The van der Waals surface area contributed by atoms with E-state index in [-0.39, 0.29) is 0 Å². The Kier molecular flexibility index (Phi) is 2.52. The monoisotopic (exact) mass is 257 g/mol. The molecule has 0 saturated carbocycles. The number of nitrogens with zero attached hydrogens (tertiary/aromatic N) is 5. The topological polar surface area (TPSA) is 85.8 Å². The van der Waals surface area contributed by atoms with Gasteiger partial charge in [-0.05, 0) is 23.4 Å². The standard InChI is InChI=1S/C12H11N5O2/c1-16-14-11(13-15-16)7-17-6-5-8-9(12(18)19)3-2-4-10(8)17/h2-6H,7H2,1H3,(H,18,19). The summed E-state index contributed by atoms with van der Waals surface area (Å²) in [5, 5.41) is 21.6. The molecule has 0 aliphatic heterocycles. The van der Waals surface area contributed by atoms with E-state index in [0.29, 0.717) is 23.3 Å². The lowest BCUT2D eigenvalue weighted by Gasteiger charge is -2.02. The van der Waals surface area contributed by atoms with E-state index >= 15 is 0 Å². The molecular formula is C12H11N5O2. The third-order valence-corrected chi connectivity index (χ3v) is 2.91. The minimum Gasteiger partial charge on any atom is -0.478 e. The van der Waals surface area contributed by atoms with Crippen LogP contribution >= 0.6 is 0 Å². The average molecular weight is 257 g/mol. The van der Waals surface area contributed by atoms with Crippen LogP contribution in [0, 0.1) is 0 Å². The first kappa shape index (κ1) is 11.4. The maximum absolute atomic E-state index is 11.1. The van der Waals surface area contributed by atoms with Gasteiger partial charge in [-0.2, -0.15) is 4.80 Å². The molecule has 3 aromatic rings. The predicted molar refractivity (Wildman–Crippen MR) is 66.8 cm³/mol. The zero-order valence-corrected chi connectivity index (χ0v) is 10.2. The van der Waals surface area contributed by atoms with Crippen LogP contribution in [0.4, 0.5) is 0 Å². The van der Waals surface area contributed by atoms with Gasteiger partial charge in [-0.15, -0.1) is 10.2 Å². The van der Waals surface area contributed by atoms with E-state index in [1.54, 1.807) is 25.2 Å². The van der Waals surface area contributed by atoms with Gasteiger partial charge in [0.05, 0.1) is 19.2 Å². The van der Waals surface area contributed by atoms with Gasteiger partial charge in [-0.3, -0.25) is 0 Å². The molecule has 0 spiro atoms. The highest BCUT2D eigenvalue weighted by molar-refractivity contribution is 6.02. The van der Waals surface area contributed by atoms with E-state index in [4.69, 9.17) is 5.11 Å². The van der Waals surface area contributed by atoms with Crippen LogP contribution in [0.2, 0.25) is 0 Å². The Balaban J connectivity index is 2.06. The van der Waals surface area contributed by atoms with Crippen LogP contribution in [0.15, 0.2) is 30.5 Å². The van der Waals surface area contributed by atoms with Crippen molar-refractivity contribution in [3.63, 3.8) is 0 Å². The minimum atomic E-state index is -0.930. The molecule has 0 amide bonds. The molecule has 0 bridgehead atoms. The molecule has 0 aliphatic rings. The summed E-state index contributed by atoms with van der Waals surface area (Å²) in [4.78, 5) is 12.5. The van der Waals surface area contributed by atoms with E-state index < -0.39 is 5.97 Å². The van der Waals surface area contributed by atoms with Gasteiger partial charge in [0.25, 0.3) is 0 Å². The Hall–Kier alpha value is -2.70. The average Bonchev–Trinajstić information content (AvgIpc) is 2.97. The number of hydrogen-bond donors (Lipinski definition) is 1. The molecule has 0 saturated heterocycles. The molecule has 2 aromatic heterocycles. The molecule has 0 unspecified atom stereocenters. The molecule has 19 heavy (non-hydrogen) atoms. The van der Waals surface area contributed by atoms with E-state index in [0.717, 1.165) is 5.52 Å². The Morgan fingerprint density at radius 2 is 2.21 bits per heavy atom. The second-order valence-corrected chi connectivity index (χ2v) is 4.18. The van der Waals surface area contributed by atoms with Crippen LogP contribution in [-0.4, -0.2) is 35.9 Å². The van der Waals surface area contributed by atoms with Crippen molar-refractivity contribution in [2.75, 3.05) is 0 Å². The molecule has 7 heteroatoms. The van der Waals surface area contributed by atoms with Gasteiger partial charge in [-0.25, -0.2) is 4.79 Å². The predicted octanol–water partition coefficient (Wildman–Crippen LogP) is 0.911. The Morgan fingerprint density at radius 3 is 2.89 bits per heavy atom. The number of benzene rings is 1. The van der Waals surface area contributed by atoms with Crippen molar-refractivity contribution in [2.45, 2.75) is 6.54 Å². The van der Waals surface area contributed by atoms with Gasteiger partial charge in [0, 0.05) is 17.1 Å².